The number of aliphatic hydroxyl groups excluding tert-OH is 1. The molecule has 1 aliphatic rings. The van der Waals surface area contributed by atoms with E-state index in [4.69, 9.17) is 5.73 Å². The number of aliphatic hydroxyl groups is 1. The summed E-state index contributed by atoms with van der Waals surface area (Å²) in [6.45, 7) is 0.129. The fourth-order valence-electron chi connectivity index (χ4n) is 1.77. The number of nitrogens with zero attached hydrogens (tertiary/aromatic N) is 2. The van der Waals surface area contributed by atoms with Crippen molar-refractivity contribution in [1.82, 2.24) is 9.88 Å². The second-order valence-corrected chi connectivity index (χ2v) is 4.36. The van der Waals surface area contributed by atoms with Gasteiger partial charge < -0.3 is 15.7 Å². The Bertz CT molecular complexity index is 406. The molecule has 7 heteroatoms. The normalized spacial score (nSPS) is 24.7. The molecule has 2 atom stereocenters. The third kappa shape index (κ3) is 1.91. The molecule has 6 nitrogen and oxygen atoms in total. The van der Waals surface area contributed by atoms with E-state index in [2.05, 4.69) is 4.98 Å². The maximum atomic E-state index is 11.9. The molecular formula is C9H11N3O3S. The van der Waals surface area contributed by atoms with Gasteiger partial charge in [0.05, 0.1) is 11.6 Å². The summed E-state index contributed by atoms with van der Waals surface area (Å²) < 4.78 is 0. The third-order valence-corrected chi connectivity index (χ3v) is 3.11. The average Bonchev–Trinajstić information content (AvgIpc) is 2.84. The monoisotopic (exact) mass is 241 g/mol. The summed E-state index contributed by atoms with van der Waals surface area (Å²) in [6.07, 6.45) is -0.495. The van der Waals surface area contributed by atoms with E-state index in [1.54, 1.807) is 10.9 Å². The Morgan fingerprint density at radius 2 is 2.38 bits per heavy atom. The summed E-state index contributed by atoms with van der Waals surface area (Å²) in [5.41, 5.74) is 7.00. The average molecular weight is 241 g/mol. The van der Waals surface area contributed by atoms with Gasteiger partial charge in [0, 0.05) is 18.3 Å². The summed E-state index contributed by atoms with van der Waals surface area (Å²) in [4.78, 5) is 28.2. The Hall–Kier alpha value is -1.47. The molecule has 2 heterocycles. The SMILES string of the molecule is NC(=O)C1CC(O)CN1C(=O)c1cscn1. The second kappa shape index (κ2) is 4.18. The van der Waals surface area contributed by atoms with Crippen molar-refractivity contribution in [3.8, 4) is 0 Å². The number of β-amino-alcohol motifs (C(OH)–C–C–N with tert-alkyl or cyclic N) is 1. The van der Waals surface area contributed by atoms with Gasteiger partial charge in [-0.05, 0) is 0 Å². The highest BCUT2D eigenvalue weighted by Gasteiger charge is 2.38. The molecule has 16 heavy (non-hydrogen) atoms. The molecule has 86 valence electrons. The molecule has 1 aromatic rings. The molecule has 2 unspecified atom stereocenters. The predicted octanol–water partition coefficient (Wildman–Crippen LogP) is -0.796. The van der Waals surface area contributed by atoms with E-state index < -0.39 is 18.1 Å². The molecule has 2 rings (SSSR count). The van der Waals surface area contributed by atoms with Crippen molar-refractivity contribution in [3.05, 3.63) is 16.6 Å². The Kier molecular flexibility index (Phi) is 2.88. The van der Waals surface area contributed by atoms with Crippen LogP contribution in [0.4, 0.5) is 0 Å². The number of carbonyl (C=O) groups is 2. The van der Waals surface area contributed by atoms with Crippen LogP contribution in [0.5, 0.6) is 0 Å². The third-order valence-electron chi connectivity index (χ3n) is 2.52. The topological polar surface area (TPSA) is 96.5 Å². The minimum Gasteiger partial charge on any atom is -0.391 e. The Labute approximate surface area is 95.7 Å². The number of aromatic nitrogens is 1. The zero-order valence-electron chi connectivity index (χ0n) is 8.37. The molecule has 0 saturated carbocycles. The molecule has 1 aliphatic heterocycles. The molecule has 1 saturated heterocycles. The molecule has 0 spiro atoms. The molecule has 2 amide bonds. The van der Waals surface area contributed by atoms with E-state index in [1.165, 1.54) is 16.2 Å². The number of amides is 2. The quantitative estimate of drug-likeness (QED) is 0.708. The minimum atomic E-state index is -0.732. The number of carbonyl (C=O) groups excluding carboxylic acids is 2. The van der Waals surface area contributed by atoms with Crippen LogP contribution in [0.3, 0.4) is 0 Å². The number of hydrogen-bond donors (Lipinski definition) is 2. The summed E-state index contributed by atoms with van der Waals surface area (Å²) in [7, 11) is 0. The predicted molar refractivity (Wildman–Crippen MR) is 56.8 cm³/mol. The summed E-state index contributed by atoms with van der Waals surface area (Å²) in [5.74, 6) is -0.957. The van der Waals surface area contributed by atoms with E-state index in [-0.39, 0.29) is 24.6 Å². The first-order valence-corrected chi connectivity index (χ1v) is 5.70. The number of thiazole rings is 1. The lowest BCUT2D eigenvalue weighted by Crippen LogP contribution is -2.43. The van der Waals surface area contributed by atoms with Crippen molar-refractivity contribution in [3.63, 3.8) is 0 Å². The van der Waals surface area contributed by atoms with Gasteiger partial charge in [0.25, 0.3) is 5.91 Å². The van der Waals surface area contributed by atoms with Crippen molar-refractivity contribution >= 4 is 23.2 Å². The lowest BCUT2D eigenvalue weighted by atomic mass is 10.2. The highest BCUT2D eigenvalue weighted by molar-refractivity contribution is 7.07. The number of likely N-dealkylation sites (tertiary alicyclic amines) is 1. The van der Waals surface area contributed by atoms with E-state index in [9.17, 15) is 14.7 Å². The van der Waals surface area contributed by atoms with E-state index in [0.717, 1.165) is 0 Å². The highest BCUT2D eigenvalue weighted by atomic mass is 32.1. The van der Waals surface area contributed by atoms with Crippen molar-refractivity contribution in [2.75, 3.05) is 6.54 Å². The van der Waals surface area contributed by atoms with Crippen LogP contribution in [0, 0.1) is 0 Å². The number of hydrogen-bond acceptors (Lipinski definition) is 5. The zero-order chi connectivity index (χ0) is 11.7. The summed E-state index contributed by atoms with van der Waals surface area (Å²) in [6, 6.07) is -0.732. The minimum absolute atomic E-state index is 0.129. The second-order valence-electron chi connectivity index (χ2n) is 3.64. The van der Waals surface area contributed by atoms with Crippen LogP contribution in [0.15, 0.2) is 10.9 Å². The van der Waals surface area contributed by atoms with Crippen LogP contribution in [0.1, 0.15) is 16.9 Å². The molecule has 0 radical (unpaired) electrons. The number of rotatable bonds is 2. The van der Waals surface area contributed by atoms with Crippen LogP contribution in [0.25, 0.3) is 0 Å². The van der Waals surface area contributed by atoms with Crippen LogP contribution >= 0.6 is 11.3 Å². The van der Waals surface area contributed by atoms with Gasteiger partial charge in [0.1, 0.15) is 11.7 Å². The first kappa shape index (κ1) is 11.0. The highest BCUT2D eigenvalue weighted by Crippen LogP contribution is 2.20. The number of primary amides is 1. The van der Waals surface area contributed by atoms with E-state index >= 15 is 0 Å². The Morgan fingerprint density at radius 3 is 2.94 bits per heavy atom. The molecule has 0 bridgehead atoms. The Balaban J connectivity index is 2.20. The summed E-state index contributed by atoms with van der Waals surface area (Å²) in [5, 5.41) is 11.0. The van der Waals surface area contributed by atoms with Crippen LogP contribution < -0.4 is 5.73 Å². The van der Waals surface area contributed by atoms with Gasteiger partial charge in [-0.3, -0.25) is 9.59 Å². The van der Waals surface area contributed by atoms with Crippen molar-refractivity contribution < 1.29 is 14.7 Å². The van der Waals surface area contributed by atoms with Gasteiger partial charge in [-0.1, -0.05) is 0 Å². The maximum absolute atomic E-state index is 11.9. The van der Waals surface area contributed by atoms with E-state index in [0.29, 0.717) is 0 Å². The van der Waals surface area contributed by atoms with Crippen molar-refractivity contribution in [2.24, 2.45) is 5.73 Å². The molecule has 3 N–H and O–H groups in total. The number of nitrogens with two attached hydrogens (primary N) is 1. The van der Waals surface area contributed by atoms with Crippen molar-refractivity contribution in [2.45, 2.75) is 18.6 Å². The molecular weight excluding hydrogens is 230 g/mol. The van der Waals surface area contributed by atoms with Crippen LogP contribution in [-0.2, 0) is 4.79 Å². The van der Waals surface area contributed by atoms with Crippen LogP contribution in [0.2, 0.25) is 0 Å². The van der Waals surface area contributed by atoms with Gasteiger partial charge in [0.2, 0.25) is 5.91 Å². The fraction of sp³-hybridized carbons (Fsp3) is 0.444. The zero-order valence-corrected chi connectivity index (χ0v) is 9.18. The standard InChI is InChI=1S/C9H11N3O3S/c10-8(14)7-1-5(13)2-12(7)9(15)6-3-16-4-11-6/h3-5,7,13H,1-2H2,(H2,10,14). The van der Waals surface area contributed by atoms with Gasteiger partial charge in [-0.15, -0.1) is 11.3 Å². The largest absolute Gasteiger partial charge is 0.391 e. The van der Waals surface area contributed by atoms with Gasteiger partial charge in [-0.2, -0.15) is 0 Å². The van der Waals surface area contributed by atoms with E-state index in [1.807, 2.05) is 0 Å². The maximum Gasteiger partial charge on any atom is 0.274 e. The molecule has 0 aliphatic carbocycles. The van der Waals surface area contributed by atoms with Crippen molar-refractivity contribution in [1.29, 1.82) is 0 Å². The smallest absolute Gasteiger partial charge is 0.274 e. The summed E-state index contributed by atoms with van der Waals surface area (Å²) >= 11 is 1.30. The fourth-order valence-corrected chi connectivity index (χ4v) is 2.30. The molecule has 0 aromatic carbocycles. The Morgan fingerprint density at radius 1 is 1.62 bits per heavy atom. The van der Waals surface area contributed by atoms with Gasteiger partial charge in [0.15, 0.2) is 0 Å². The lowest BCUT2D eigenvalue weighted by Gasteiger charge is -2.20. The lowest BCUT2D eigenvalue weighted by molar-refractivity contribution is -0.121. The van der Waals surface area contributed by atoms with Crippen LogP contribution in [-0.4, -0.2) is 45.5 Å². The first-order valence-electron chi connectivity index (χ1n) is 4.76. The molecule has 1 fully saturated rings. The van der Waals surface area contributed by atoms with Gasteiger partial charge >= 0.3 is 0 Å². The first-order chi connectivity index (χ1) is 7.59. The van der Waals surface area contributed by atoms with Gasteiger partial charge in [-0.25, -0.2) is 4.98 Å². The molecule has 1 aromatic heterocycles.